The van der Waals surface area contributed by atoms with Crippen molar-refractivity contribution in [1.29, 1.82) is 0 Å². The summed E-state index contributed by atoms with van der Waals surface area (Å²) in [5.74, 6) is 0.841. The summed E-state index contributed by atoms with van der Waals surface area (Å²) in [4.78, 5) is 0. The lowest BCUT2D eigenvalue weighted by Gasteiger charge is -2.09. The van der Waals surface area contributed by atoms with Crippen LogP contribution in [-0.4, -0.2) is 14.9 Å². The lowest BCUT2D eigenvalue weighted by Crippen LogP contribution is -1.99. The zero-order valence-corrected chi connectivity index (χ0v) is 11.6. The summed E-state index contributed by atoms with van der Waals surface area (Å²) >= 11 is 0. The molecule has 1 fully saturated rings. The topological polar surface area (TPSA) is 38.0 Å². The van der Waals surface area contributed by atoms with E-state index in [1.807, 2.05) is 6.20 Å². The van der Waals surface area contributed by atoms with E-state index in [2.05, 4.69) is 42.0 Å². The molecule has 0 aliphatic heterocycles. The Labute approximate surface area is 113 Å². The van der Waals surface area contributed by atoms with Crippen LogP contribution in [0.4, 0.5) is 0 Å². The Bertz CT molecular complexity index is 574. The zero-order valence-electron chi connectivity index (χ0n) is 11.6. The third-order valence-electron chi connectivity index (χ3n) is 3.96. The Morgan fingerprint density at radius 3 is 2.47 bits per heavy atom. The third kappa shape index (κ3) is 2.56. The van der Waals surface area contributed by atoms with Crippen LogP contribution >= 0.6 is 0 Å². The average Bonchev–Trinajstić information content (AvgIpc) is 3.04. The molecule has 0 spiro atoms. The van der Waals surface area contributed by atoms with Gasteiger partial charge in [0.1, 0.15) is 0 Å². The molecule has 0 saturated heterocycles. The van der Waals surface area contributed by atoms with Gasteiger partial charge in [0.2, 0.25) is 0 Å². The van der Waals surface area contributed by atoms with E-state index in [0.717, 1.165) is 34.7 Å². The van der Waals surface area contributed by atoms with Gasteiger partial charge in [-0.2, -0.15) is 5.10 Å². The zero-order chi connectivity index (χ0) is 13.4. The Balaban J connectivity index is 1.90. The highest BCUT2D eigenvalue weighted by Crippen LogP contribution is 2.31. The van der Waals surface area contributed by atoms with Crippen molar-refractivity contribution in [2.45, 2.75) is 39.8 Å². The minimum absolute atomic E-state index is 0.110. The number of aliphatic hydroxyl groups is 1. The van der Waals surface area contributed by atoms with Crippen molar-refractivity contribution in [3.05, 3.63) is 41.2 Å². The largest absolute Gasteiger partial charge is 0.392 e. The average molecular weight is 256 g/mol. The van der Waals surface area contributed by atoms with Crippen LogP contribution in [-0.2, 0) is 13.2 Å². The number of aryl methyl sites for hydroxylation is 2. The van der Waals surface area contributed by atoms with Crippen LogP contribution in [0.25, 0.3) is 11.1 Å². The van der Waals surface area contributed by atoms with E-state index < -0.39 is 0 Å². The van der Waals surface area contributed by atoms with Gasteiger partial charge in [-0.05, 0) is 54.9 Å². The standard InChI is InChI=1S/C16H20N2O/c1-11-5-14(6-12(2)16(11)10-19)15-7-17-18(9-15)8-13-3-4-13/h5-7,9,13,19H,3-4,8,10H2,1-2H3. The third-order valence-corrected chi connectivity index (χ3v) is 3.96. The highest BCUT2D eigenvalue weighted by Gasteiger charge is 2.22. The number of aliphatic hydroxyl groups excluding tert-OH is 1. The first kappa shape index (κ1) is 12.4. The maximum Gasteiger partial charge on any atom is 0.0686 e. The minimum atomic E-state index is 0.110. The van der Waals surface area contributed by atoms with Gasteiger partial charge in [-0.25, -0.2) is 0 Å². The summed E-state index contributed by atoms with van der Waals surface area (Å²) in [6.07, 6.45) is 6.76. The lowest BCUT2D eigenvalue weighted by atomic mass is 9.97. The molecule has 3 rings (SSSR count). The summed E-state index contributed by atoms with van der Waals surface area (Å²) in [5, 5.41) is 13.8. The van der Waals surface area contributed by atoms with Gasteiger partial charge in [0.25, 0.3) is 0 Å². The molecule has 1 N–H and O–H groups in total. The molecule has 100 valence electrons. The monoisotopic (exact) mass is 256 g/mol. The van der Waals surface area contributed by atoms with Crippen molar-refractivity contribution in [3.8, 4) is 11.1 Å². The Hall–Kier alpha value is -1.61. The van der Waals surface area contributed by atoms with Crippen LogP contribution in [0.1, 0.15) is 29.5 Å². The van der Waals surface area contributed by atoms with Gasteiger partial charge in [-0.15, -0.1) is 0 Å². The van der Waals surface area contributed by atoms with E-state index in [1.54, 1.807) is 0 Å². The molecular weight excluding hydrogens is 236 g/mol. The number of hydrogen-bond donors (Lipinski definition) is 1. The van der Waals surface area contributed by atoms with Crippen molar-refractivity contribution in [2.24, 2.45) is 5.92 Å². The van der Waals surface area contributed by atoms with Crippen LogP contribution in [0.2, 0.25) is 0 Å². The summed E-state index contributed by atoms with van der Waals surface area (Å²) in [5.41, 5.74) is 5.68. The quantitative estimate of drug-likeness (QED) is 0.913. The van der Waals surface area contributed by atoms with Crippen molar-refractivity contribution < 1.29 is 5.11 Å². The van der Waals surface area contributed by atoms with Crippen LogP contribution in [0, 0.1) is 19.8 Å². The summed E-state index contributed by atoms with van der Waals surface area (Å²) in [7, 11) is 0. The summed E-state index contributed by atoms with van der Waals surface area (Å²) < 4.78 is 2.05. The van der Waals surface area contributed by atoms with Gasteiger partial charge in [-0.3, -0.25) is 4.68 Å². The highest BCUT2D eigenvalue weighted by atomic mass is 16.3. The van der Waals surface area contributed by atoms with E-state index in [0.29, 0.717) is 0 Å². The summed E-state index contributed by atoms with van der Waals surface area (Å²) in [6.45, 7) is 5.26. The molecule has 0 radical (unpaired) electrons. The van der Waals surface area contributed by atoms with Gasteiger partial charge in [-0.1, -0.05) is 12.1 Å². The predicted octanol–water partition coefficient (Wildman–Crippen LogP) is 3.07. The van der Waals surface area contributed by atoms with Crippen molar-refractivity contribution >= 4 is 0 Å². The minimum Gasteiger partial charge on any atom is -0.392 e. The van der Waals surface area contributed by atoms with Crippen molar-refractivity contribution in [1.82, 2.24) is 9.78 Å². The molecule has 1 aliphatic carbocycles. The van der Waals surface area contributed by atoms with Crippen LogP contribution in [0.3, 0.4) is 0 Å². The molecular formula is C16H20N2O. The molecule has 1 aromatic carbocycles. The van der Waals surface area contributed by atoms with Gasteiger partial charge in [0, 0.05) is 18.3 Å². The molecule has 1 aromatic heterocycles. The highest BCUT2D eigenvalue weighted by molar-refractivity contribution is 5.64. The Morgan fingerprint density at radius 1 is 1.21 bits per heavy atom. The van der Waals surface area contributed by atoms with E-state index in [1.165, 1.54) is 18.4 Å². The number of nitrogens with zero attached hydrogens (tertiary/aromatic N) is 2. The summed E-state index contributed by atoms with van der Waals surface area (Å²) in [6, 6.07) is 4.27. The lowest BCUT2D eigenvalue weighted by molar-refractivity contribution is 0.280. The van der Waals surface area contributed by atoms with Crippen molar-refractivity contribution in [3.63, 3.8) is 0 Å². The smallest absolute Gasteiger partial charge is 0.0686 e. The molecule has 2 aromatic rings. The molecule has 3 nitrogen and oxygen atoms in total. The fourth-order valence-electron chi connectivity index (χ4n) is 2.59. The first-order valence-electron chi connectivity index (χ1n) is 6.91. The van der Waals surface area contributed by atoms with Gasteiger partial charge < -0.3 is 5.11 Å². The molecule has 19 heavy (non-hydrogen) atoms. The van der Waals surface area contributed by atoms with Gasteiger partial charge >= 0.3 is 0 Å². The fourth-order valence-corrected chi connectivity index (χ4v) is 2.59. The number of rotatable bonds is 4. The molecule has 0 bridgehead atoms. The van der Waals surface area contributed by atoms with Gasteiger partial charge in [0.05, 0.1) is 12.8 Å². The van der Waals surface area contributed by atoms with E-state index in [9.17, 15) is 5.11 Å². The fraction of sp³-hybridized carbons (Fsp3) is 0.438. The molecule has 1 saturated carbocycles. The second-order valence-corrected chi connectivity index (χ2v) is 5.64. The molecule has 0 unspecified atom stereocenters. The van der Waals surface area contributed by atoms with Crippen LogP contribution in [0.5, 0.6) is 0 Å². The van der Waals surface area contributed by atoms with Crippen LogP contribution < -0.4 is 0 Å². The maximum absolute atomic E-state index is 9.35. The molecule has 1 aliphatic rings. The van der Waals surface area contributed by atoms with E-state index >= 15 is 0 Å². The first-order chi connectivity index (χ1) is 9.17. The van der Waals surface area contributed by atoms with Crippen LogP contribution in [0.15, 0.2) is 24.5 Å². The number of hydrogen-bond acceptors (Lipinski definition) is 2. The molecule has 3 heteroatoms. The van der Waals surface area contributed by atoms with Gasteiger partial charge in [0.15, 0.2) is 0 Å². The second-order valence-electron chi connectivity index (χ2n) is 5.64. The Morgan fingerprint density at radius 2 is 1.89 bits per heavy atom. The SMILES string of the molecule is Cc1cc(-c2cnn(CC3CC3)c2)cc(C)c1CO. The van der Waals surface area contributed by atoms with E-state index in [-0.39, 0.29) is 6.61 Å². The Kier molecular flexibility index (Phi) is 3.15. The number of aromatic nitrogens is 2. The second kappa shape index (κ2) is 4.82. The maximum atomic E-state index is 9.35. The molecule has 0 atom stereocenters. The van der Waals surface area contributed by atoms with E-state index in [4.69, 9.17) is 0 Å². The normalized spacial score (nSPS) is 14.9. The molecule has 0 amide bonds. The first-order valence-corrected chi connectivity index (χ1v) is 6.91. The van der Waals surface area contributed by atoms with Crippen molar-refractivity contribution in [2.75, 3.05) is 0 Å². The predicted molar refractivity (Wildman–Crippen MR) is 75.8 cm³/mol. The number of benzene rings is 1. The molecule has 1 heterocycles.